The summed E-state index contributed by atoms with van der Waals surface area (Å²) < 4.78 is 24.9. The molecule has 0 radical (unpaired) electrons. The van der Waals surface area contributed by atoms with Gasteiger partial charge < -0.3 is 9.88 Å². The molecule has 0 bridgehead atoms. The summed E-state index contributed by atoms with van der Waals surface area (Å²) in [7, 11) is -3.86. The molecular formula is C17H16ClN5O5S2. The molecule has 0 fully saturated rings. The van der Waals surface area contributed by atoms with Crippen molar-refractivity contribution in [3.63, 3.8) is 0 Å². The fourth-order valence-corrected chi connectivity index (χ4v) is 4.30. The number of halogens is 1. The number of nitrogens with zero attached hydrogens (tertiary/aromatic N) is 3. The van der Waals surface area contributed by atoms with Crippen LogP contribution in [0.3, 0.4) is 0 Å². The normalized spacial score (nSPS) is 11.6. The van der Waals surface area contributed by atoms with Gasteiger partial charge in [0.1, 0.15) is 0 Å². The SMILES string of the molecule is CCn1c(SCC(=O)Nc2cc([N+](=O)[O-])ccc2Cl)nc2cc(S(N)(=O)=O)ccc21. The van der Waals surface area contributed by atoms with Crippen molar-refractivity contribution in [1.82, 2.24) is 9.55 Å². The van der Waals surface area contributed by atoms with E-state index in [2.05, 4.69) is 10.3 Å². The molecule has 1 heterocycles. The van der Waals surface area contributed by atoms with Gasteiger partial charge in [0.2, 0.25) is 15.9 Å². The number of aromatic nitrogens is 2. The van der Waals surface area contributed by atoms with Gasteiger partial charge in [0.05, 0.1) is 37.3 Å². The van der Waals surface area contributed by atoms with Crippen LogP contribution in [-0.2, 0) is 21.4 Å². The maximum absolute atomic E-state index is 12.3. The van der Waals surface area contributed by atoms with Crippen molar-refractivity contribution in [2.75, 3.05) is 11.1 Å². The summed E-state index contributed by atoms with van der Waals surface area (Å²) >= 11 is 7.13. The molecule has 3 N–H and O–H groups in total. The zero-order valence-electron chi connectivity index (χ0n) is 15.5. The Morgan fingerprint density at radius 3 is 2.70 bits per heavy atom. The average Bonchev–Trinajstić information content (AvgIpc) is 3.03. The van der Waals surface area contributed by atoms with Crippen molar-refractivity contribution in [2.24, 2.45) is 5.14 Å². The second-order valence-corrected chi connectivity index (χ2v) is 9.00. The van der Waals surface area contributed by atoms with E-state index in [0.717, 1.165) is 11.8 Å². The lowest BCUT2D eigenvalue weighted by Crippen LogP contribution is -2.15. The van der Waals surface area contributed by atoms with Crippen LogP contribution in [0.25, 0.3) is 11.0 Å². The molecule has 0 saturated heterocycles. The third-order valence-electron chi connectivity index (χ3n) is 4.10. The van der Waals surface area contributed by atoms with Gasteiger partial charge in [0.25, 0.3) is 5.69 Å². The minimum atomic E-state index is -3.86. The number of imidazole rings is 1. The molecule has 10 nitrogen and oxygen atoms in total. The van der Waals surface area contributed by atoms with Gasteiger partial charge in [-0.1, -0.05) is 23.4 Å². The molecule has 1 aromatic heterocycles. The Hall–Kier alpha value is -2.67. The molecule has 0 aliphatic rings. The van der Waals surface area contributed by atoms with Crippen molar-refractivity contribution in [3.8, 4) is 0 Å². The van der Waals surface area contributed by atoms with E-state index in [0.29, 0.717) is 22.7 Å². The highest BCUT2D eigenvalue weighted by Gasteiger charge is 2.17. The number of nitrogens with one attached hydrogen (secondary N) is 1. The number of amides is 1. The Bertz CT molecular complexity index is 1260. The number of sulfonamides is 1. The molecule has 13 heteroatoms. The van der Waals surface area contributed by atoms with Crippen LogP contribution in [0.5, 0.6) is 0 Å². The number of non-ortho nitro benzene ring substituents is 1. The lowest BCUT2D eigenvalue weighted by Gasteiger charge is -2.08. The van der Waals surface area contributed by atoms with Crippen molar-refractivity contribution in [3.05, 3.63) is 51.5 Å². The standard InChI is InChI=1S/C17H16ClN5O5S2/c1-2-22-15-6-4-11(30(19,27)28)8-14(15)21-17(22)29-9-16(24)20-13-7-10(23(25)26)3-5-12(13)18/h3-8H,2,9H2,1H3,(H,20,24)(H2,19,27,28). The Balaban J connectivity index is 1.79. The first-order chi connectivity index (χ1) is 14.1. The topological polar surface area (TPSA) is 150 Å². The first-order valence-corrected chi connectivity index (χ1v) is 11.4. The number of benzene rings is 2. The number of fused-ring (bicyclic) bond motifs is 1. The van der Waals surface area contributed by atoms with E-state index in [1.54, 1.807) is 6.07 Å². The summed E-state index contributed by atoms with van der Waals surface area (Å²) in [5.41, 5.74) is 1.08. The summed E-state index contributed by atoms with van der Waals surface area (Å²) in [4.78, 5) is 27.0. The second-order valence-electron chi connectivity index (χ2n) is 6.09. The number of rotatable bonds is 7. The number of aryl methyl sites for hydroxylation is 1. The minimum absolute atomic E-state index is 0.0373. The minimum Gasteiger partial charge on any atom is -0.324 e. The maximum Gasteiger partial charge on any atom is 0.271 e. The van der Waals surface area contributed by atoms with Gasteiger partial charge >= 0.3 is 0 Å². The van der Waals surface area contributed by atoms with E-state index in [-0.39, 0.29) is 27.0 Å². The lowest BCUT2D eigenvalue weighted by molar-refractivity contribution is -0.384. The summed E-state index contributed by atoms with van der Waals surface area (Å²) in [5.74, 6) is -0.466. The monoisotopic (exact) mass is 469 g/mol. The fourth-order valence-electron chi connectivity index (χ4n) is 2.72. The number of nitro groups is 1. The number of carbonyl (C=O) groups excluding carboxylic acids is 1. The van der Waals surface area contributed by atoms with Crippen molar-refractivity contribution < 1.29 is 18.1 Å². The highest BCUT2D eigenvalue weighted by atomic mass is 35.5. The molecular weight excluding hydrogens is 454 g/mol. The summed E-state index contributed by atoms with van der Waals surface area (Å²) in [5, 5.41) is 19.3. The number of hydrogen-bond acceptors (Lipinski definition) is 7. The number of thioether (sulfide) groups is 1. The van der Waals surface area contributed by atoms with Crippen LogP contribution in [-0.4, -0.2) is 34.6 Å². The van der Waals surface area contributed by atoms with Gasteiger partial charge in [-0.3, -0.25) is 14.9 Å². The third kappa shape index (κ3) is 4.73. The van der Waals surface area contributed by atoms with Gasteiger partial charge in [0, 0.05) is 18.7 Å². The zero-order chi connectivity index (χ0) is 22.1. The lowest BCUT2D eigenvalue weighted by atomic mass is 10.3. The Morgan fingerprint density at radius 1 is 1.33 bits per heavy atom. The largest absolute Gasteiger partial charge is 0.324 e. The molecule has 3 aromatic rings. The number of nitro benzene ring substituents is 1. The smallest absolute Gasteiger partial charge is 0.271 e. The summed E-state index contributed by atoms with van der Waals surface area (Å²) in [6.07, 6.45) is 0. The second kappa shape index (κ2) is 8.60. The number of nitrogens with two attached hydrogens (primary N) is 1. The van der Waals surface area contributed by atoms with Gasteiger partial charge in [0.15, 0.2) is 5.16 Å². The fraction of sp³-hybridized carbons (Fsp3) is 0.176. The van der Waals surface area contributed by atoms with E-state index in [1.165, 1.54) is 30.3 Å². The molecule has 0 atom stereocenters. The Kier molecular flexibility index (Phi) is 6.31. The molecule has 0 aliphatic carbocycles. The number of hydrogen-bond donors (Lipinski definition) is 2. The van der Waals surface area contributed by atoms with E-state index < -0.39 is 20.9 Å². The van der Waals surface area contributed by atoms with E-state index >= 15 is 0 Å². The summed E-state index contributed by atoms with van der Waals surface area (Å²) in [6.45, 7) is 2.44. The molecule has 0 spiro atoms. The molecule has 2 aromatic carbocycles. The van der Waals surface area contributed by atoms with Gasteiger partial charge in [-0.2, -0.15) is 0 Å². The predicted octanol–water partition coefficient (Wildman–Crippen LogP) is 3.00. The van der Waals surface area contributed by atoms with Crippen LogP contribution in [0, 0.1) is 10.1 Å². The van der Waals surface area contributed by atoms with Gasteiger partial charge in [-0.25, -0.2) is 18.5 Å². The third-order valence-corrected chi connectivity index (χ3v) is 6.31. The van der Waals surface area contributed by atoms with Gasteiger partial charge in [-0.15, -0.1) is 0 Å². The molecule has 1 amide bonds. The predicted molar refractivity (Wildman–Crippen MR) is 114 cm³/mol. The van der Waals surface area contributed by atoms with Crippen LogP contribution in [0.4, 0.5) is 11.4 Å². The first-order valence-electron chi connectivity index (χ1n) is 8.50. The van der Waals surface area contributed by atoms with Gasteiger partial charge in [-0.05, 0) is 31.2 Å². The molecule has 3 rings (SSSR count). The van der Waals surface area contributed by atoms with E-state index in [9.17, 15) is 23.3 Å². The quantitative estimate of drug-likeness (QED) is 0.306. The Morgan fingerprint density at radius 2 is 2.07 bits per heavy atom. The van der Waals surface area contributed by atoms with Crippen molar-refractivity contribution >= 4 is 61.7 Å². The van der Waals surface area contributed by atoms with Crippen molar-refractivity contribution in [1.29, 1.82) is 0 Å². The maximum atomic E-state index is 12.3. The van der Waals surface area contributed by atoms with Crippen LogP contribution in [0.1, 0.15) is 6.92 Å². The molecule has 0 unspecified atom stereocenters. The van der Waals surface area contributed by atoms with E-state index in [1.807, 2.05) is 11.5 Å². The number of anilines is 1. The molecule has 0 aliphatic heterocycles. The van der Waals surface area contributed by atoms with E-state index in [4.69, 9.17) is 16.7 Å². The summed E-state index contributed by atoms with van der Waals surface area (Å²) in [6, 6.07) is 8.15. The van der Waals surface area contributed by atoms with Crippen LogP contribution in [0.15, 0.2) is 46.5 Å². The highest BCUT2D eigenvalue weighted by molar-refractivity contribution is 7.99. The molecule has 158 valence electrons. The van der Waals surface area contributed by atoms with Crippen LogP contribution < -0.4 is 10.5 Å². The Labute approximate surface area is 180 Å². The molecule has 0 saturated carbocycles. The zero-order valence-corrected chi connectivity index (χ0v) is 17.9. The molecule has 30 heavy (non-hydrogen) atoms. The van der Waals surface area contributed by atoms with Crippen LogP contribution in [0.2, 0.25) is 5.02 Å². The highest BCUT2D eigenvalue weighted by Crippen LogP contribution is 2.28. The average molecular weight is 470 g/mol. The number of primary sulfonamides is 1. The van der Waals surface area contributed by atoms with Crippen LogP contribution >= 0.6 is 23.4 Å². The van der Waals surface area contributed by atoms with Crippen molar-refractivity contribution in [2.45, 2.75) is 23.5 Å². The number of carbonyl (C=O) groups is 1. The first kappa shape index (κ1) is 22.0.